The normalized spacial score (nSPS) is 15.9. The number of amides is 1. The third-order valence-corrected chi connectivity index (χ3v) is 7.09. The summed E-state index contributed by atoms with van der Waals surface area (Å²) in [5, 5.41) is 13.5. The summed E-state index contributed by atoms with van der Waals surface area (Å²) in [6, 6.07) is 22.0. The number of benzene rings is 3. The van der Waals surface area contributed by atoms with Crippen molar-refractivity contribution in [2.45, 2.75) is 19.4 Å². The summed E-state index contributed by atoms with van der Waals surface area (Å²) in [5.41, 5.74) is 6.70. The Balaban J connectivity index is 1.31. The number of nitrogens with one attached hydrogen (secondary N) is 1. The molecule has 6 heteroatoms. The van der Waals surface area contributed by atoms with Gasteiger partial charge in [-0.1, -0.05) is 60.1 Å². The summed E-state index contributed by atoms with van der Waals surface area (Å²) < 4.78 is 0. The zero-order valence-corrected chi connectivity index (χ0v) is 19.8. The summed E-state index contributed by atoms with van der Waals surface area (Å²) in [6.07, 6.45) is 1.31. The van der Waals surface area contributed by atoms with E-state index in [0.29, 0.717) is 18.5 Å². The van der Waals surface area contributed by atoms with Crippen molar-refractivity contribution in [2.24, 2.45) is 0 Å². The van der Waals surface area contributed by atoms with Crippen LogP contribution in [0.15, 0.2) is 60.7 Å². The lowest BCUT2D eigenvalue weighted by molar-refractivity contribution is -0.117. The first kappa shape index (κ1) is 22.6. The second kappa shape index (κ2) is 9.99. The van der Waals surface area contributed by atoms with Crippen LogP contribution in [0.3, 0.4) is 0 Å². The number of piperazine rings is 1. The Hall–Kier alpha value is -3.17. The van der Waals surface area contributed by atoms with E-state index in [1.807, 2.05) is 59.5 Å². The van der Waals surface area contributed by atoms with Gasteiger partial charge in [-0.3, -0.25) is 4.79 Å². The van der Waals surface area contributed by atoms with Gasteiger partial charge in [0.25, 0.3) is 0 Å². The molecule has 1 N–H and O–H groups in total. The molecule has 2 aliphatic rings. The number of fused-ring (bicyclic) bond motifs is 1. The van der Waals surface area contributed by atoms with Crippen molar-refractivity contribution >= 4 is 23.2 Å². The Bertz CT molecular complexity index is 1240. The number of nitrogens with zero attached hydrogens (tertiary/aromatic N) is 3. The van der Waals surface area contributed by atoms with Gasteiger partial charge >= 0.3 is 0 Å². The lowest BCUT2D eigenvalue weighted by atomic mass is 9.99. The fraction of sp³-hybridized carbons (Fsp3) is 0.286. The summed E-state index contributed by atoms with van der Waals surface area (Å²) in [6.45, 7) is 5.69. The molecular formula is C28H27ClN4O. The highest BCUT2D eigenvalue weighted by molar-refractivity contribution is 6.32. The fourth-order valence-corrected chi connectivity index (χ4v) is 5.08. The molecule has 0 radical (unpaired) electrons. The Morgan fingerprint density at radius 3 is 2.56 bits per heavy atom. The van der Waals surface area contributed by atoms with E-state index in [1.54, 1.807) is 0 Å². The van der Waals surface area contributed by atoms with E-state index in [4.69, 9.17) is 11.6 Å². The molecule has 1 fully saturated rings. The van der Waals surface area contributed by atoms with Crippen LogP contribution in [-0.4, -0.2) is 43.5 Å². The molecule has 5 nitrogen and oxygen atoms in total. The monoisotopic (exact) mass is 470 g/mol. The minimum atomic E-state index is 0.101. The van der Waals surface area contributed by atoms with E-state index in [0.717, 1.165) is 77.7 Å². The number of nitriles is 1. The van der Waals surface area contributed by atoms with E-state index in [9.17, 15) is 10.1 Å². The number of carbonyl (C=O) groups excluding carboxylic acids is 1. The highest BCUT2D eigenvalue weighted by Crippen LogP contribution is 2.35. The molecule has 0 unspecified atom stereocenters. The Labute approximate surface area is 205 Å². The Kier molecular flexibility index (Phi) is 6.64. The number of anilines is 1. The van der Waals surface area contributed by atoms with Crippen molar-refractivity contribution in [1.29, 1.82) is 5.26 Å². The van der Waals surface area contributed by atoms with Gasteiger partial charge in [0.05, 0.1) is 24.6 Å². The SMILES string of the molecule is N#Cc1ccccc1-c1ccc(CN2C(=O)Cc3cc(CCN4CCNCC4)c(Cl)cc32)cc1. The van der Waals surface area contributed by atoms with Crippen LogP contribution in [0.1, 0.15) is 22.3 Å². The van der Waals surface area contributed by atoms with E-state index in [-0.39, 0.29) is 5.91 Å². The van der Waals surface area contributed by atoms with Crippen molar-refractivity contribution in [1.82, 2.24) is 10.2 Å². The topological polar surface area (TPSA) is 59.4 Å². The lowest BCUT2D eigenvalue weighted by Crippen LogP contribution is -2.44. The van der Waals surface area contributed by atoms with Crippen LogP contribution in [-0.2, 0) is 24.2 Å². The van der Waals surface area contributed by atoms with Gasteiger partial charge in [0, 0.05) is 43.4 Å². The molecular weight excluding hydrogens is 444 g/mol. The smallest absolute Gasteiger partial charge is 0.231 e. The maximum absolute atomic E-state index is 12.9. The van der Waals surface area contributed by atoms with E-state index < -0.39 is 0 Å². The molecule has 1 amide bonds. The van der Waals surface area contributed by atoms with Crippen LogP contribution < -0.4 is 10.2 Å². The number of halogens is 1. The van der Waals surface area contributed by atoms with Crippen molar-refractivity contribution in [3.8, 4) is 17.2 Å². The molecule has 1 saturated heterocycles. The molecule has 3 aromatic rings. The quantitative estimate of drug-likeness (QED) is 0.579. The predicted octanol–water partition coefficient (Wildman–Crippen LogP) is 4.42. The average Bonchev–Trinajstić information content (AvgIpc) is 3.17. The van der Waals surface area contributed by atoms with Gasteiger partial charge in [-0.25, -0.2) is 0 Å². The van der Waals surface area contributed by atoms with Crippen molar-refractivity contribution in [3.05, 3.63) is 87.9 Å². The first-order chi connectivity index (χ1) is 16.6. The van der Waals surface area contributed by atoms with E-state index in [2.05, 4.69) is 22.4 Å². The van der Waals surface area contributed by atoms with Crippen molar-refractivity contribution in [2.75, 3.05) is 37.6 Å². The first-order valence-corrected chi connectivity index (χ1v) is 12.1. The summed E-state index contributed by atoms with van der Waals surface area (Å²) in [5.74, 6) is 0.101. The fourth-order valence-electron chi connectivity index (χ4n) is 4.83. The number of hydrogen-bond donors (Lipinski definition) is 1. The lowest BCUT2D eigenvalue weighted by Gasteiger charge is -2.27. The number of rotatable bonds is 6. The van der Waals surface area contributed by atoms with Crippen molar-refractivity contribution in [3.63, 3.8) is 0 Å². The molecule has 0 saturated carbocycles. The van der Waals surface area contributed by atoms with Crippen LogP contribution in [0, 0.1) is 11.3 Å². The molecule has 3 aromatic carbocycles. The molecule has 172 valence electrons. The molecule has 2 heterocycles. The summed E-state index contributed by atoms with van der Waals surface area (Å²) >= 11 is 6.66. The zero-order valence-electron chi connectivity index (χ0n) is 19.1. The first-order valence-electron chi connectivity index (χ1n) is 11.8. The predicted molar refractivity (Wildman–Crippen MR) is 136 cm³/mol. The van der Waals surface area contributed by atoms with Gasteiger partial charge in [0.15, 0.2) is 0 Å². The molecule has 0 bridgehead atoms. The highest BCUT2D eigenvalue weighted by atomic mass is 35.5. The van der Waals surface area contributed by atoms with Crippen LogP contribution in [0.25, 0.3) is 11.1 Å². The molecule has 0 spiro atoms. The van der Waals surface area contributed by atoms with Gasteiger partial charge < -0.3 is 15.1 Å². The second-order valence-corrected chi connectivity index (χ2v) is 9.33. The van der Waals surface area contributed by atoms with Gasteiger partial charge in [-0.05, 0) is 46.4 Å². The van der Waals surface area contributed by atoms with Crippen LogP contribution in [0.4, 0.5) is 5.69 Å². The maximum atomic E-state index is 12.9. The maximum Gasteiger partial charge on any atom is 0.231 e. The summed E-state index contributed by atoms with van der Waals surface area (Å²) in [7, 11) is 0. The second-order valence-electron chi connectivity index (χ2n) is 8.92. The van der Waals surface area contributed by atoms with Crippen LogP contribution >= 0.6 is 11.6 Å². The number of hydrogen-bond acceptors (Lipinski definition) is 4. The number of carbonyl (C=O) groups is 1. The molecule has 34 heavy (non-hydrogen) atoms. The average molecular weight is 471 g/mol. The third kappa shape index (κ3) is 4.71. The van der Waals surface area contributed by atoms with Crippen LogP contribution in [0.2, 0.25) is 5.02 Å². The van der Waals surface area contributed by atoms with Crippen LogP contribution in [0.5, 0.6) is 0 Å². The van der Waals surface area contributed by atoms with Crippen molar-refractivity contribution < 1.29 is 4.79 Å². The third-order valence-electron chi connectivity index (χ3n) is 6.74. The standard InChI is InChI=1S/C28H27ClN4O/c29-26-17-27-24(15-22(26)9-12-32-13-10-31-11-14-32)16-28(34)33(27)19-20-5-7-21(8-6-20)25-4-2-1-3-23(25)18-30/h1-8,15,17,31H,9-14,16,19H2. The Morgan fingerprint density at radius 1 is 1.03 bits per heavy atom. The summed E-state index contributed by atoms with van der Waals surface area (Å²) in [4.78, 5) is 17.2. The molecule has 5 rings (SSSR count). The molecule has 0 aromatic heterocycles. The minimum Gasteiger partial charge on any atom is -0.314 e. The molecule has 0 atom stereocenters. The highest BCUT2D eigenvalue weighted by Gasteiger charge is 2.28. The van der Waals surface area contributed by atoms with Gasteiger partial charge in [-0.2, -0.15) is 5.26 Å². The van der Waals surface area contributed by atoms with Gasteiger partial charge in [0.2, 0.25) is 5.91 Å². The molecule has 2 aliphatic heterocycles. The van der Waals surface area contributed by atoms with Gasteiger partial charge in [-0.15, -0.1) is 0 Å². The zero-order chi connectivity index (χ0) is 23.5. The molecule has 0 aliphatic carbocycles. The minimum absolute atomic E-state index is 0.101. The van der Waals surface area contributed by atoms with E-state index >= 15 is 0 Å². The van der Waals surface area contributed by atoms with Gasteiger partial charge in [0.1, 0.15) is 0 Å². The van der Waals surface area contributed by atoms with E-state index in [1.165, 1.54) is 0 Å². The largest absolute Gasteiger partial charge is 0.314 e. The Morgan fingerprint density at radius 2 is 1.79 bits per heavy atom.